The summed E-state index contributed by atoms with van der Waals surface area (Å²) in [6, 6.07) is 6.81. The van der Waals surface area contributed by atoms with Crippen molar-refractivity contribution in [1.82, 2.24) is 15.2 Å². The van der Waals surface area contributed by atoms with Crippen molar-refractivity contribution in [2.24, 2.45) is 0 Å². The van der Waals surface area contributed by atoms with E-state index in [2.05, 4.69) is 15.2 Å². The molecule has 0 saturated carbocycles. The van der Waals surface area contributed by atoms with Gasteiger partial charge < -0.3 is 9.62 Å². The number of aromatic nitrogens is 4. The van der Waals surface area contributed by atoms with E-state index < -0.39 is 0 Å². The molecule has 3 aromatic heterocycles. The van der Waals surface area contributed by atoms with Crippen LogP contribution in [0.15, 0.2) is 53.5 Å². The zero-order valence-corrected chi connectivity index (χ0v) is 9.22. The van der Waals surface area contributed by atoms with Crippen LogP contribution in [0.1, 0.15) is 0 Å². The SMILES string of the molecule is [O-][n+]1ccc(-c2nnc(-c3ccncc3)o2)cc1. The van der Waals surface area contributed by atoms with Gasteiger partial charge >= 0.3 is 0 Å². The van der Waals surface area contributed by atoms with E-state index in [4.69, 9.17) is 4.42 Å². The summed E-state index contributed by atoms with van der Waals surface area (Å²) in [5, 5.41) is 18.8. The molecule has 0 unspecified atom stereocenters. The number of pyridine rings is 2. The molecular weight excluding hydrogens is 232 g/mol. The van der Waals surface area contributed by atoms with E-state index >= 15 is 0 Å². The highest BCUT2D eigenvalue weighted by Crippen LogP contribution is 2.22. The van der Waals surface area contributed by atoms with Crippen LogP contribution in [0.4, 0.5) is 0 Å². The molecule has 6 heteroatoms. The molecule has 0 radical (unpaired) electrons. The molecule has 0 fully saturated rings. The first kappa shape index (κ1) is 10.4. The zero-order valence-electron chi connectivity index (χ0n) is 9.22. The summed E-state index contributed by atoms with van der Waals surface area (Å²) < 4.78 is 6.23. The van der Waals surface area contributed by atoms with Crippen LogP contribution >= 0.6 is 0 Å². The van der Waals surface area contributed by atoms with E-state index in [9.17, 15) is 5.21 Å². The van der Waals surface area contributed by atoms with Crippen molar-refractivity contribution < 1.29 is 9.15 Å². The number of rotatable bonds is 2. The molecule has 0 saturated heterocycles. The molecule has 0 N–H and O–H groups in total. The van der Waals surface area contributed by atoms with Crippen LogP contribution in [0.5, 0.6) is 0 Å². The van der Waals surface area contributed by atoms with Gasteiger partial charge in [0.05, 0.1) is 5.56 Å². The predicted molar refractivity (Wildman–Crippen MR) is 61.9 cm³/mol. The smallest absolute Gasteiger partial charge is 0.248 e. The van der Waals surface area contributed by atoms with E-state index in [1.807, 2.05) is 0 Å². The highest BCUT2D eigenvalue weighted by molar-refractivity contribution is 5.56. The molecule has 0 aromatic carbocycles. The Hall–Kier alpha value is -2.76. The third-order valence-electron chi connectivity index (χ3n) is 2.40. The quantitative estimate of drug-likeness (QED) is 0.500. The maximum atomic E-state index is 10.9. The molecule has 6 nitrogen and oxygen atoms in total. The van der Waals surface area contributed by atoms with Crippen LogP contribution < -0.4 is 4.73 Å². The Morgan fingerprint density at radius 2 is 1.44 bits per heavy atom. The normalized spacial score (nSPS) is 10.4. The van der Waals surface area contributed by atoms with Crippen molar-refractivity contribution >= 4 is 0 Å². The summed E-state index contributed by atoms with van der Waals surface area (Å²) >= 11 is 0. The van der Waals surface area contributed by atoms with Gasteiger partial charge in [0.15, 0.2) is 12.4 Å². The van der Waals surface area contributed by atoms with Crippen LogP contribution in [0.2, 0.25) is 0 Å². The molecule has 0 amide bonds. The van der Waals surface area contributed by atoms with Crippen molar-refractivity contribution in [3.63, 3.8) is 0 Å². The third-order valence-corrected chi connectivity index (χ3v) is 2.40. The van der Waals surface area contributed by atoms with E-state index in [1.54, 1.807) is 36.7 Å². The lowest BCUT2D eigenvalue weighted by atomic mass is 10.3. The first-order valence-electron chi connectivity index (χ1n) is 5.26. The predicted octanol–water partition coefficient (Wildman–Crippen LogP) is 1.43. The van der Waals surface area contributed by atoms with E-state index in [-0.39, 0.29) is 0 Å². The van der Waals surface area contributed by atoms with Gasteiger partial charge in [0.2, 0.25) is 11.8 Å². The minimum atomic E-state index is 0.377. The Morgan fingerprint density at radius 1 is 0.889 bits per heavy atom. The summed E-state index contributed by atoms with van der Waals surface area (Å²) in [7, 11) is 0. The second kappa shape index (κ2) is 4.25. The van der Waals surface area contributed by atoms with Gasteiger partial charge in [-0.1, -0.05) is 0 Å². The lowest BCUT2D eigenvalue weighted by Gasteiger charge is -1.95. The first-order valence-corrected chi connectivity index (χ1v) is 5.26. The molecular formula is C12H8N4O2. The Labute approximate surface area is 102 Å². The van der Waals surface area contributed by atoms with Crippen molar-refractivity contribution in [3.05, 3.63) is 54.3 Å². The van der Waals surface area contributed by atoms with E-state index in [1.165, 1.54) is 12.4 Å². The average molecular weight is 240 g/mol. The van der Waals surface area contributed by atoms with Gasteiger partial charge in [0, 0.05) is 30.1 Å². The Kier molecular flexibility index (Phi) is 2.45. The number of hydrogen-bond acceptors (Lipinski definition) is 5. The fourth-order valence-corrected chi connectivity index (χ4v) is 1.51. The first-order chi connectivity index (χ1) is 8.83. The highest BCUT2D eigenvalue weighted by Gasteiger charge is 2.10. The summed E-state index contributed by atoms with van der Waals surface area (Å²) in [6.07, 6.45) is 6.07. The summed E-state index contributed by atoms with van der Waals surface area (Å²) in [4.78, 5) is 3.92. The zero-order chi connectivity index (χ0) is 12.4. The van der Waals surface area contributed by atoms with Gasteiger partial charge in [0.1, 0.15) is 0 Å². The average Bonchev–Trinajstić information content (AvgIpc) is 2.90. The second-order valence-electron chi connectivity index (χ2n) is 3.59. The molecule has 0 aliphatic carbocycles. The Balaban J connectivity index is 1.97. The summed E-state index contributed by atoms with van der Waals surface area (Å²) in [5.74, 6) is 0.800. The maximum Gasteiger partial charge on any atom is 0.248 e. The van der Waals surface area contributed by atoms with Gasteiger partial charge in [-0.25, -0.2) is 0 Å². The standard InChI is InChI=1S/C12H8N4O2/c17-16-7-3-10(4-8-16)12-15-14-11(18-12)9-1-5-13-6-2-9/h1-8H. The summed E-state index contributed by atoms with van der Waals surface area (Å²) in [5.41, 5.74) is 1.51. The molecule has 0 aliphatic heterocycles. The third kappa shape index (κ3) is 1.91. The number of nitrogens with zero attached hydrogens (tertiary/aromatic N) is 4. The van der Waals surface area contributed by atoms with Gasteiger partial charge in [-0.2, -0.15) is 4.73 Å². The van der Waals surface area contributed by atoms with Gasteiger partial charge in [0.25, 0.3) is 0 Å². The molecule has 3 heterocycles. The molecule has 0 bridgehead atoms. The van der Waals surface area contributed by atoms with Gasteiger partial charge in [-0.05, 0) is 12.1 Å². The van der Waals surface area contributed by atoms with Crippen molar-refractivity contribution in [1.29, 1.82) is 0 Å². The fourth-order valence-electron chi connectivity index (χ4n) is 1.51. The molecule has 3 aromatic rings. The summed E-state index contributed by atoms with van der Waals surface area (Å²) in [6.45, 7) is 0. The largest absolute Gasteiger partial charge is 0.619 e. The van der Waals surface area contributed by atoms with Crippen LogP contribution in [-0.4, -0.2) is 15.2 Å². The van der Waals surface area contributed by atoms with E-state index in [0.717, 1.165) is 5.56 Å². The molecule has 0 spiro atoms. The van der Waals surface area contributed by atoms with E-state index in [0.29, 0.717) is 22.1 Å². The highest BCUT2D eigenvalue weighted by atomic mass is 16.5. The minimum absolute atomic E-state index is 0.377. The van der Waals surface area contributed by atoms with Crippen LogP contribution in [0.25, 0.3) is 22.9 Å². The second-order valence-corrected chi connectivity index (χ2v) is 3.59. The van der Waals surface area contributed by atoms with Gasteiger partial charge in [-0.15, -0.1) is 10.2 Å². The van der Waals surface area contributed by atoms with Crippen LogP contribution in [-0.2, 0) is 0 Å². The molecule has 18 heavy (non-hydrogen) atoms. The Bertz CT molecular complexity index is 649. The van der Waals surface area contributed by atoms with Crippen molar-refractivity contribution in [2.45, 2.75) is 0 Å². The van der Waals surface area contributed by atoms with Crippen molar-refractivity contribution in [3.8, 4) is 22.9 Å². The molecule has 0 atom stereocenters. The maximum absolute atomic E-state index is 10.9. The monoisotopic (exact) mass is 240 g/mol. The molecule has 0 aliphatic rings. The van der Waals surface area contributed by atoms with Crippen LogP contribution in [0, 0.1) is 5.21 Å². The topological polar surface area (TPSA) is 78.8 Å². The minimum Gasteiger partial charge on any atom is -0.619 e. The van der Waals surface area contributed by atoms with Crippen LogP contribution in [0.3, 0.4) is 0 Å². The van der Waals surface area contributed by atoms with Crippen molar-refractivity contribution in [2.75, 3.05) is 0 Å². The van der Waals surface area contributed by atoms with Gasteiger partial charge in [-0.3, -0.25) is 4.98 Å². The lowest BCUT2D eigenvalue weighted by molar-refractivity contribution is -0.605. The molecule has 88 valence electrons. The molecule has 3 rings (SSSR count). The fraction of sp³-hybridized carbons (Fsp3) is 0. The lowest BCUT2D eigenvalue weighted by Crippen LogP contribution is -2.23. The Morgan fingerprint density at radius 3 is 2.06 bits per heavy atom. The number of hydrogen-bond donors (Lipinski definition) is 0.